The minimum atomic E-state index is -0.613. The number of fused-ring (bicyclic) bond motifs is 1. The van der Waals surface area contributed by atoms with Gasteiger partial charge < -0.3 is 9.47 Å². The van der Waals surface area contributed by atoms with E-state index in [2.05, 4.69) is 11.2 Å². The lowest BCUT2D eigenvalue weighted by atomic mass is 9.96. The molecule has 1 aromatic heterocycles. The Morgan fingerprint density at radius 1 is 1.13 bits per heavy atom. The molecule has 0 fully saturated rings. The first-order valence-electron chi connectivity index (χ1n) is 14.0. The summed E-state index contributed by atoms with van der Waals surface area (Å²) in [6.07, 6.45) is 1.32. The number of hydrogen-bond acceptors (Lipinski definition) is 8. The summed E-state index contributed by atoms with van der Waals surface area (Å²) in [5, 5.41) is 26.2. The molecule has 0 bridgehead atoms. The van der Waals surface area contributed by atoms with Crippen molar-refractivity contribution in [3.8, 4) is 29.0 Å². The van der Waals surface area contributed by atoms with E-state index in [1.807, 2.05) is 32.9 Å². The molecule has 0 spiro atoms. The van der Waals surface area contributed by atoms with Crippen LogP contribution in [0.3, 0.4) is 0 Å². The average molecular weight is 622 g/mol. The molecule has 226 valence electrons. The van der Waals surface area contributed by atoms with Crippen molar-refractivity contribution < 1.29 is 14.4 Å². The predicted molar refractivity (Wildman–Crippen MR) is 173 cm³/mol. The molecule has 0 amide bonds. The first-order valence-corrected chi connectivity index (χ1v) is 14.3. The molecule has 1 heterocycles. The number of hydrogen-bond donors (Lipinski definition) is 0. The minimum Gasteiger partial charge on any atom is -0.496 e. The van der Waals surface area contributed by atoms with Gasteiger partial charge in [0.05, 0.1) is 45.8 Å². The summed E-state index contributed by atoms with van der Waals surface area (Å²) < 4.78 is 12.5. The van der Waals surface area contributed by atoms with Crippen LogP contribution in [0, 0.1) is 28.4 Å². The van der Waals surface area contributed by atoms with Crippen LogP contribution >= 0.6 is 11.6 Å². The van der Waals surface area contributed by atoms with E-state index >= 15 is 0 Å². The highest BCUT2D eigenvalue weighted by Crippen LogP contribution is 2.37. The van der Waals surface area contributed by atoms with Crippen molar-refractivity contribution in [3.63, 3.8) is 0 Å². The number of methoxy groups -OCH3 is 1. The summed E-state index contributed by atoms with van der Waals surface area (Å²) in [6.45, 7) is 5.89. The fourth-order valence-corrected chi connectivity index (χ4v) is 5.23. The van der Waals surface area contributed by atoms with Crippen LogP contribution in [-0.4, -0.2) is 27.9 Å². The van der Waals surface area contributed by atoms with Crippen LogP contribution in [0.25, 0.3) is 22.3 Å². The highest BCUT2D eigenvalue weighted by molar-refractivity contribution is 6.32. The summed E-state index contributed by atoms with van der Waals surface area (Å²) in [5.74, 6) is 1.01. The van der Waals surface area contributed by atoms with Crippen LogP contribution in [-0.2, 0) is 6.61 Å². The number of aromatic nitrogens is 2. The molecule has 0 unspecified atom stereocenters. The zero-order chi connectivity index (χ0) is 32.2. The number of nitro benzene ring substituents is 1. The summed E-state index contributed by atoms with van der Waals surface area (Å²) >= 11 is 6.48. The van der Waals surface area contributed by atoms with Crippen molar-refractivity contribution in [1.82, 2.24) is 9.66 Å². The molecule has 11 heteroatoms. The van der Waals surface area contributed by atoms with Crippen molar-refractivity contribution >= 4 is 34.4 Å². The lowest BCUT2D eigenvalue weighted by Crippen LogP contribution is -2.20. The van der Waals surface area contributed by atoms with Crippen molar-refractivity contribution in [2.45, 2.75) is 33.3 Å². The number of benzene rings is 4. The van der Waals surface area contributed by atoms with E-state index in [0.29, 0.717) is 33.4 Å². The maximum absolute atomic E-state index is 13.8. The van der Waals surface area contributed by atoms with Gasteiger partial charge in [-0.1, -0.05) is 55.8 Å². The first kappa shape index (κ1) is 30.9. The van der Waals surface area contributed by atoms with Crippen LogP contribution in [0.2, 0.25) is 5.02 Å². The summed E-state index contributed by atoms with van der Waals surface area (Å²) in [7, 11) is 1.61. The molecule has 0 saturated carbocycles. The Kier molecular flexibility index (Phi) is 8.93. The lowest BCUT2D eigenvalue weighted by molar-refractivity contribution is -0.385. The number of nitrogens with zero attached hydrogens (tertiary/aromatic N) is 5. The molecule has 5 aromatic rings. The van der Waals surface area contributed by atoms with Gasteiger partial charge in [0.2, 0.25) is 5.75 Å². The molecular formula is C34H28ClN5O5. The molecule has 10 nitrogen and oxygen atoms in total. The average Bonchev–Trinajstić information content (AvgIpc) is 3.03. The van der Waals surface area contributed by atoms with Gasteiger partial charge >= 0.3 is 5.69 Å². The normalized spacial score (nSPS) is 11.2. The number of aryl methyl sites for hydroxylation is 1. The predicted octanol–water partition coefficient (Wildman–Crippen LogP) is 7.40. The molecule has 0 radical (unpaired) electrons. The number of rotatable bonds is 9. The molecule has 4 aromatic carbocycles. The Morgan fingerprint density at radius 3 is 2.58 bits per heavy atom. The maximum atomic E-state index is 13.8. The summed E-state index contributed by atoms with van der Waals surface area (Å²) in [6, 6.07) is 22.4. The zero-order valence-electron chi connectivity index (χ0n) is 24.9. The third kappa shape index (κ3) is 6.25. The largest absolute Gasteiger partial charge is 0.496 e. The van der Waals surface area contributed by atoms with Gasteiger partial charge in [-0.15, -0.1) is 0 Å². The molecule has 0 atom stereocenters. The first-order chi connectivity index (χ1) is 21.6. The number of halogens is 1. The SMILES string of the molecule is COc1cc(C)c(-c2nc3ccccc3c(=O)n2N=Cc2cc(Cl)c(OCc3ccccc3C#N)c([N+](=O)[O-])c2)cc1C(C)C. The van der Waals surface area contributed by atoms with E-state index in [-0.39, 0.29) is 28.9 Å². The molecule has 45 heavy (non-hydrogen) atoms. The molecule has 0 N–H and O–H groups in total. The van der Waals surface area contributed by atoms with Gasteiger partial charge in [0, 0.05) is 22.8 Å². The van der Waals surface area contributed by atoms with E-state index < -0.39 is 16.2 Å². The van der Waals surface area contributed by atoms with Crippen molar-refractivity contribution in [1.29, 1.82) is 5.26 Å². The van der Waals surface area contributed by atoms with Crippen LogP contribution in [0.5, 0.6) is 11.5 Å². The Labute approximate surface area is 263 Å². The molecule has 0 aliphatic carbocycles. The van der Waals surface area contributed by atoms with E-state index in [1.54, 1.807) is 55.6 Å². The van der Waals surface area contributed by atoms with Crippen LogP contribution < -0.4 is 15.0 Å². The smallest absolute Gasteiger partial charge is 0.313 e. The van der Waals surface area contributed by atoms with Gasteiger partial charge in [-0.25, -0.2) is 4.98 Å². The topological polar surface area (TPSA) is 133 Å². The standard InChI is InChI=1S/C34H28ClN5O5/c1-20(2)26-16-27(21(3)13-31(26)44-4)33-38-29-12-8-7-11-25(29)34(41)39(33)37-18-22-14-28(35)32(30(15-22)40(42)43)45-19-24-10-6-5-9-23(24)17-36/h5-16,18,20H,19H2,1-4H3. The van der Waals surface area contributed by atoms with Crippen LogP contribution in [0.4, 0.5) is 5.69 Å². The summed E-state index contributed by atoms with van der Waals surface area (Å²) in [5.41, 5.74) is 3.34. The second kappa shape index (κ2) is 13.0. The number of para-hydroxylation sites is 1. The lowest BCUT2D eigenvalue weighted by Gasteiger charge is -2.17. The van der Waals surface area contributed by atoms with Gasteiger partial charge in [-0.3, -0.25) is 14.9 Å². The van der Waals surface area contributed by atoms with E-state index in [0.717, 1.165) is 16.9 Å². The van der Waals surface area contributed by atoms with Gasteiger partial charge in [-0.05, 0) is 60.4 Å². The Balaban J connectivity index is 1.61. The van der Waals surface area contributed by atoms with Crippen molar-refractivity contribution in [3.05, 3.63) is 126 Å². The van der Waals surface area contributed by atoms with Crippen molar-refractivity contribution in [2.24, 2.45) is 5.10 Å². The minimum absolute atomic E-state index is 0.0307. The van der Waals surface area contributed by atoms with Crippen molar-refractivity contribution in [2.75, 3.05) is 7.11 Å². The van der Waals surface area contributed by atoms with Gasteiger partial charge in [0.25, 0.3) is 5.56 Å². The van der Waals surface area contributed by atoms with Crippen LogP contribution in [0.1, 0.15) is 47.6 Å². The second-order valence-corrected chi connectivity index (χ2v) is 11.0. The quantitative estimate of drug-likeness (QED) is 0.0951. The van der Waals surface area contributed by atoms with E-state index in [1.165, 1.54) is 23.0 Å². The molecule has 0 saturated heterocycles. The monoisotopic (exact) mass is 621 g/mol. The number of nitro groups is 1. The fourth-order valence-electron chi connectivity index (χ4n) is 4.95. The molecule has 5 rings (SSSR count). The second-order valence-electron chi connectivity index (χ2n) is 10.5. The Hall–Kier alpha value is -5.53. The highest BCUT2D eigenvalue weighted by Gasteiger charge is 2.22. The van der Waals surface area contributed by atoms with E-state index in [4.69, 9.17) is 26.1 Å². The molecular weight excluding hydrogens is 594 g/mol. The molecule has 0 aliphatic rings. The van der Waals surface area contributed by atoms with Gasteiger partial charge in [0.1, 0.15) is 12.4 Å². The Bertz CT molecular complexity index is 2080. The zero-order valence-corrected chi connectivity index (χ0v) is 25.7. The fraction of sp³-hybridized carbons (Fsp3) is 0.176. The third-order valence-electron chi connectivity index (χ3n) is 7.27. The number of ether oxygens (including phenoxy) is 2. The van der Waals surface area contributed by atoms with Gasteiger partial charge in [0.15, 0.2) is 5.82 Å². The third-order valence-corrected chi connectivity index (χ3v) is 7.55. The van der Waals surface area contributed by atoms with Gasteiger partial charge in [-0.2, -0.15) is 15.0 Å². The van der Waals surface area contributed by atoms with Crippen LogP contribution in [0.15, 0.2) is 82.7 Å². The highest BCUT2D eigenvalue weighted by atomic mass is 35.5. The number of nitriles is 1. The molecule has 0 aliphatic heterocycles. The Morgan fingerprint density at radius 2 is 1.87 bits per heavy atom. The van der Waals surface area contributed by atoms with E-state index in [9.17, 15) is 20.2 Å². The maximum Gasteiger partial charge on any atom is 0.313 e. The summed E-state index contributed by atoms with van der Waals surface area (Å²) in [4.78, 5) is 30.0.